The first kappa shape index (κ1) is 16.1. The van der Waals surface area contributed by atoms with E-state index >= 15 is 0 Å². The monoisotopic (exact) mass is 284 g/mol. The maximum absolute atomic E-state index is 12.4. The van der Waals surface area contributed by atoms with Crippen molar-refractivity contribution in [2.75, 3.05) is 6.54 Å². The van der Waals surface area contributed by atoms with Gasteiger partial charge in [0.15, 0.2) is 0 Å². The zero-order valence-electron chi connectivity index (χ0n) is 12.1. The van der Waals surface area contributed by atoms with Crippen LogP contribution in [0.1, 0.15) is 32.8 Å². The smallest absolute Gasteiger partial charge is 0.240 e. The van der Waals surface area contributed by atoms with Crippen LogP contribution in [-0.2, 0) is 10.0 Å². The van der Waals surface area contributed by atoms with Crippen LogP contribution >= 0.6 is 0 Å². The third kappa shape index (κ3) is 4.60. The molecule has 1 unspecified atom stereocenters. The van der Waals surface area contributed by atoms with Crippen molar-refractivity contribution in [2.24, 2.45) is 11.1 Å². The van der Waals surface area contributed by atoms with Crippen LogP contribution in [0.15, 0.2) is 29.2 Å². The molecule has 108 valence electrons. The molecule has 4 nitrogen and oxygen atoms in total. The topological polar surface area (TPSA) is 72.2 Å². The summed E-state index contributed by atoms with van der Waals surface area (Å²) in [6, 6.07) is 6.73. The van der Waals surface area contributed by atoms with Gasteiger partial charge in [-0.1, -0.05) is 32.9 Å². The lowest BCUT2D eigenvalue weighted by Crippen LogP contribution is -2.44. The van der Waals surface area contributed by atoms with Crippen LogP contribution in [0, 0.1) is 12.3 Å². The Morgan fingerprint density at radius 2 is 1.95 bits per heavy atom. The summed E-state index contributed by atoms with van der Waals surface area (Å²) in [5, 5.41) is 0. The minimum atomic E-state index is -3.49. The number of rotatable bonds is 5. The van der Waals surface area contributed by atoms with Gasteiger partial charge < -0.3 is 5.73 Å². The molecule has 19 heavy (non-hydrogen) atoms. The Morgan fingerprint density at radius 3 is 2.42 bits per heavy atom. The average Bonchev–Trinajstić information content (AvgIpc) is 2.27. The van der Waals surface area contributed by atoms with E-state index in [1.807, 2.05) is 33.8 Å². The Kier molecular flexibility index (Phi) is 5.12. The van der Waals surface area contributed by atoms with Gasteiger partial charge in [-0.2, -0.15) is 0 Å². The highest BCUT2D eigenvalue weighted by atomic mass is 32.2. The molecule has 1 aromatic carbocycles. The zero-order chi connectivity index (χ0) is 14.7. The summed E-state index contributed by atoms with van der Waals surface area (Å²) in [7, 11) is -3.49. The second-order valence-electron chi connectivity index (χ2n) is 5.93. The lowest BCUT2D eigenvalue weighted by Gasteiger charge is -2.31. The van der Waals surface area contributed by atoms with Crippen molar-refractivity contribution in [3.8, 4) is 0 Å². The molecule has 0 heterocycles. The van der Waals surface area contributed by atoms with Crippen LogP contribution in [0.5, 0.6) is 0 Å². The van der Waals surface area contributed by atoms with Crippen LogP contribution in [0.25, 0.3) is 0 Å². The van der Waals surface area contributed by atoms with Gasteiger partial charge in [-0.25, -0.2) is 13.1 Å². The van der Waals surface area contributed by atoms with Crippen molar-refractivity contribution in [1.82, 2.24) is 4.72 Å². The van der Waals surface area contributed by atoms with Gasteiger partial charge in [0.25, 0.3) is 0 Å². The van der Waals surface area contributed by atoms with E-state index in [-0.39, 0.29) is 11.5 Å². The Morgan fingerprint density at radius 1 is 1.32 bits per heavy atom. The zero-order valence-corrected chi connectivity index (χ0v) is 12.9. The molecular formula is C14H24N2O2S. The molecule has 0 fully saturated rings. The van der Waals surface area contributed by atoms with Crippen LogP contribution in [-0.4, -0.2) is 21.0 Å². The largest absolute Gasteiger partial charge is 0.330 e. The van der Waals surface area contributed by atoms with Crippen molar-refractivity contribution >= 4 is 10.0 Å². The summed E-state index contributed by atoms with van der Waals surface area (Å²) < 4.78 is 27.5. The quantitative estimate of drug-likeness (QED) is 0.869. The molecule has 1 aromatic rings. The number of nitrogens with one attached hydrogen (secondary N) is 1. The predicted molar refractivity (Wildman–Crippen MR) is 78.4 cm³/mol. The number of hydrogen-bond acceptors (Lipinski definition) is 3. The first-order chi connectivity index (χ1) is 8.66. The highest BCUT2D eigenvalue weighted by Crippen LogP contribution is 2.23. The molecule has 0 aliphatic heterocycles. The Balaban J connectivity index is 3.01. The van der Waals surface area contributed by atoms with E-state index in [0.717, 1.165) is 5.56 Å². The first-order valence-corrected chi connectivity index (χ1v) is 7.94. The van der Waals surface area contributed by atoms with Gasteiger partial charge in [0, 0.05) is 6.04 Å². The van der Waals surface area contributed by atoms with Gasteiger partial charge in [0.2, 0.25) is 10.0 Å². The maximum Gasteiger partial charge on any atom is 0.240 e. The maximum atomic E-state index is 12.4. The molecule has 5 heteroatoms. The minimum Gasteiger partial charge on any atom is -0.330 e. The second kappa shape index (κ2) is 6.03. The van der Waals surface area contributed by atoms with Crippen LogP contribution in [0.2, 0.25) is 0 Å². The van der Waals surface area contributed by atoms with Crippen molar-refractivity contribution in [1.29, 1.82) is 0 Å². The summed E-state index contributed by atoms with van der Waals surface area (Å²) in [6.07, 6.45) is 0.620. The minimum absolute atomic E-state index is 0.170. The van der Waals surface area contributed by atoms with Crippen LogP contribution < -0.4 is 10.5 Å². The fourth-order valence-electron chi connectivity index (χ4n) is 1.87. The van der Waals surface area contributed by atoms with E-state index in [0.29, 0.717) is 17.9 Å². The lowest BCUT2D eigenvalue weighted by atomic mass is 9.85. The van der Waals surface area contributed by atoms with Gasteiger partial charge in [-0.3, -0.25) is 0 Å². The molecule has 0 saturated carbocycles. The summed E-state index contributed by atoms with van der Waals surface area (Å²) >= 11 is 0. The second-order valence-corrected chi connectivity index (χ2v) is 7.65. The summed E-state index contributed by atoms with van der Waals surface area (Å²) in [6.45, 7) is 8.35. The van der Waals surface area contributed by atoms with Crippen molar-refractivity contribution in [3.05, 3.63) is 29.8 Å². The van der Waals surface area contributed by atoms with E-state index in [1.54, 1.807) is 18.2 Å². The molecule has 1 rings (SSSR count). The molecule has 0 aromatic heterocycles. The molecule has 0 spiro atoms. The average molecular weight is 284 g/mol. The number of sulfonamides is 1. The van der Waals surface area contributed by atoms with Gasteiger partial charge in [0.05, 0.1) is 4.90 Å². The van der Waals surface area contributed by atoms with E-state index in [1.165, 1.54) is 0 Å². The third-order valence-electron chi connectivity index (χ3n) is 3.10. The third-order valence-corrected chi connectivity index (χ3v) is 4.57. The molecule has 0 radical (unpaired) electrons. The molecule has 0 aliphatic rings. The van der Waals surface area contributed by atoms with Gasteiger partial charge in [0.1, 0.15) is 0 Å². The molecular weight excluding hydrogens is 260 g/mol. The highest BCUT2D eigenvalue weighted by Gasteiger charge is 2.28. The summed E-state index contributed by atoms with van der Waals surface area (Å²) in [4.78, 5) is 0.304. The SMILES string of the molecule is Cc1cccc(S(=O)(=O)NC(CCN)C(C)(C)C)c1. The van der Waals surface area contributed by atoms with Crippen molar-refractivity contribution < 1.29 is 8.42 Å². The van der Waals surface area contributed by atoms with Crippen LogP contribution in [0.3, 0.4) is 0 Å². The Labute approximate surface area is 116 Å². The van der Waals surface area contributed by atoms with E-state index in [4.69, 9.17) is 5.73 Å². The molecule has 0 aliphatic carbocycles. The fourth-order valence-corrected chi connectivity index (χ4v) is 3.45. The molecule has 3 N–H and O–H groups in total. The predicted octanol–water partition coefficient (Wildman–Crippen LogP) is 2.04. The first-order valence-electron chi connectivity index (χ1n) is 6.46. The van der Waals surface area contributed by atoms with Gasteiger partial charge in [-0.05, 0) is 43.0 Å². The fraction of sp³-hybridized carbons (Fsp3) is 0.571. The standard InChI is InChI=1S/C14H24N2O2S/c1-11-6-5-7-12(10-11)19(17,18)16-13(8-9-15)14(2,3)4/h5-7,10,13,16H,8-9,15H2,1-4H3. The van der Waals surface area contributed by atoms with Gasteiger partial charge in [-0.15, -0.1) is 0 Å². The number of benzene rings is 1. The number of hydrogen-bond donors (Lipinski definition) is 2. The van der Waals surface area contributed by atoms with Crippen molar-refractivity contribution in [3.63, 3.8) is 0 Å². The lowest BCUT2D eigenvalue weighted by molar-refractivity contribution is 0.287. The van der Waals surface area contributed by atoms with E-state index in [9.17, 15) is 8.42 Å². The highest BCUT2D eigenvalue weighted by molar-refractivity contribution is 7.89. The van der Waals surface area contributed by atoms with E-state index in [2.05, 4.69) is 4.72 Å². The summed E-state index contributed by atoms with van der Waals surface area (Å²) in [5.74, 6) is 0. The van der Waals surface area contributed by atoms with Crippen LogP contribution in [0.4, 0.5) is 0 Å². The van der Waals surface area contributed by atoms with Gasteiger partial charge >= 0.3 is 0 Å². The van der Waals surface area contributed by atoms with Crippen molar-refractivity contribution in [2.45, 2.75) is 45.1 Å². The Hall–Kier alpha value is -0.910. The molecule has 0 saturated heterocycles. The summed E-state index contributed by atoms with van der Waals surface area (Å²) in [5.41, 5.74) is 6.33. The molecule has 1 atom stereocenters. The number of aryl methyl sites for hydroxylation is 1. The number of nitrogens with two attached hydrogens (primary N) is 1. The van der Waals surface area contributed by atoms with E-state index < -0.39 is 10.0 Å². The Bertz CT molecular complexity index is 518. The normalized spacial score (nSPS) is 14.4. The molecule has 0 amide bonds. The molecule has 0 bridgehead atoms.